The fourth-order valence-corrected chi connectivity index (χ4v) is 5.73. The van der Waals surface area contributed by atoms with Crippen molar-refractivity contribution in [3.8, 4) is 0 Å². The van der Waals surface area contributed by atoms with E-state index in [1.54, 1.807) is 0 Å². The second kappa shape index (κ2) is 34.4. The summed E-state index contributed by atoms with van der Waals surface area (Å²) >= 11 is 0. The van der Waals surface area contributed by atoms with E-state index in [-0.39, 0.29) is 6.42 Å². The fraction of sp³-hybridized carbons (Fsp3) is 0.946. The molecule has 0 bridgehead atoms. The smallest absolute Gasteiger partial charge is 0.321 e. The van der Waals surface area contributed by atoms with E-state index in [2.05, 4.69) is 19.2 Å². The minimum atomic E-state index is -0.968. The average molecular weight is 596 g/mol. The number of carbonyl (C=O) groups excluding carboxylic acids is 1. The first-order chi connectivity index (χ1) is 20.6. The largest absolute Gasteiger partial charge is 0.480 e. The SMILES string of the molecule is CCCCCCCCCCCCCCCCCCOC(=O)CC(NCCCCCCCCCCCCCCC)C(=O)O. The van der Waals surface area contributed by atoms with E-state index in [9.17, 15) is 14.7 Å². The summed E-state index contributed by atoms with van der Waals surface area (Å²) in [6.45, 7) is 5.58. The molecule has 1 atom stereocenters. The molecular formula is C37H73NO4. The Balaban J connectivity index is 3.50. The van der Waals surface area contributed by atoms with Crippen LogP contribution in [0.5, 0.6) is 0 Å². The first-order valence-electron chi connectivity index (χ1n) is 18.7. The van der Waals surface area contributed by atoms with E-state index in [0.717, 1.165) is 25.7 Å². The maximum atomic E-state index is 12.1. The molecule has 42 heavy (non-hydrogen) atoms. The Hall–Kier alpha value is -1.10. The summed E-state index contributed by atoms with van der Waals surface area (Å²) in [5.41, 5.74) is 0. The summed E-state index contributed by atoms with van der Waals surface area (Å²) in [6.07, 6.45) is 37.7. The van der Waals surface area contributed by atoms with E-state index >= 15 is 0 Å². The standard InChI is InChI=1S/C37H73NO4/c1-3-5-7-9-11-13-15-17-18-19-21-23-25-27-29-31-33-42-36(39)34-35(37(40)41)38-32-30-28-26-24-22-20-16-14-12-10-8-6-4-2/h35,38H,3-34H2,1-2H3,(H,40,41). The lowest BCUT2D eigenvalue weighted by atomic mass is 10.0. The van der Waals surface area contributed by atoms with Gasteiger partial charge in [-0.25, -0.2) is 0 Å². The van der Waals surface area contributed by atoms with Crippen LogP contribution in [0.4, 0.5) is 0 Å². The van der Waals surface area contributed by atoms with Crippen molar-refractivity contribution in [2.24, 2.45) is 0 Å². The van der Waals surface area contributed by atoms with Crippen LogP contribution in [0.15, 0.2) is 0 Å². The average Bonchev–Trinajstić information content (AvgIpc) is 2.98. The van der Waals surface area contributed by atoms with Gasteiger partial charge in [-0.05, 0) is 19.4 Å². The third-order valence-corrected chi connectivity index (χ3v) is 8.60. The molecule has 0 aliphatic rings. The second-order valence-electron chi connectivity index (χ2n) is 12.8. The van der Waals surface area contributed by atoms with Gasteiger partial charge in [-0.2, -0.15) is 0 Å². The number of nitrogens with one attached hydrogen (secondary N) is 1. The highest BCUT2D eigenvalue weighted by Crippen LogP contribution is 2.14. The van der Waals surface area contributed by atoms with Gasteiger partial charge in [0, 0.05) is 0 Å². The maximum Gasteiger partial charge on any atom is 0.321 e. The van der Waals surface area contributed by atoms with Crippen molar-refractivity contribution < 1.29 is 19.4 Å². The van der Waals surface area contributed by atoms with Gasteiger partial charge in [0.2, 0.25) is 0 Å². The number of hydrogen-bond acceptors (Lipinski definition) is 4. The predicted molar refractivity (Wildman–Crippen MR) is 180 cm³/mol. The third-order valence-electron chi connectivity index (χ3n) is 8.60. The molecule has 0 rings (SSSR count). The number of hydrogen-bond donors (Lipinski definition) is 2. The molecule has 250 valence electrons. The van der Waals surface area contributed by atoms with Crippen LogP contribution >= 0.6 is 0 Å². The Bertz CT molecular complexity index is 568. The van der Waals surface area contributed by atoms with Gasteiger partial charge in [0.15, 0.2) is 0 Å². The van der Waals surface area contributed by atoms with Crippen LogP contribution in [0.1, 0.15) is 206 Å². The molecule has 1 unspecified atom stereocenters. The summed E-state index contributed by atoms with van der Waals surface area (Å²) in [7, 11) is 0. The summed E-state index contributed by atoms with van der Waals surface area (Å²) in [6, 6.07) is -0.847. The number of unbranched alkanes of at least 4 members (excludes halogenated alkanes) is 27. The van der Waals surface area contributed by atoms with E-state index in [0.29, 0.717) is 13.2 Å². The molecule has 0 saturated heterocycles. The number of rotatable bonds is 35. The number of carboxylic acid groups (broad SMARTS) is 1. The Morgan fingerprint density at radius 1 is 0.500 bits per heavy atom. The monoisotopic (exact) mass is 596 g/mol. The summed E-state index contributed by atoms with van der Waals surface area (Å²) in [4.78, 5) is 23.7. The molecule has 0 spiro atoms. The maximum absolute atomic E-state index is 12.1. The van der Waals surface area contributed by atoms with Gasteiger partial charge in [0.1, 0.15) is 6.04 Å². The predicted octanol–water partition coefficient (Wildman–Crippen LogP) is 11.3. The fourth-order valence-electron chi connectivity index (χ4n) is 5.73. The molecule has 0 aromatic rings. The Kier molecular flexibility index (Phi) is 33.5. The van der Waals surface area contributed by atoms with E-state index in [1.807, 2.05) is 0 Å². The minimum absolute atomic E-state index is 0.0906. The third kappa shape index (κ3) is 31.8. The first-order valence-corrected chi connectivity index (χ1v) is 18.7. The minimum Gasteiger partial charge on any atom is -0.480 e. The molecule has 0 aromatic carbocycles. The van der Waals surface area contributed by atoms with Crippen molar-refractivity contribution in [3.63, 3.8) is 0 Å². The quantitative estimate of drug-likeness (QED) is 0.0563. The van der Waals surface area contributed by atoms with Gasteiger partial charge < -0.3 is 15.2 Å². The molecule has 5 heteroatoms. The summed E-state index contributed by atoms with van der Waals surface area (Å²) in [5.74, 6) is -1.37. The molecule has 2 N–H and O–H groups in total. The van der Waals surface area contributed by atoms with Crippen molar-refractivity contribution >= 4 is 11.9 Å². The van der Waals surface area contributed by atoms with E-state index in [1.165, 1.54) is 161 Å². The van der Waals surface area contributed by atoms with Gasteiger partial charge in [0.05, 0.1) is 13.0 Å². The van der Waals surface area contributed by atoms with Crippen molar-refractivity contribution in [1.82, 2.24) is 5.32 Å². The number of ether oxygens (including phenoxy) is 1. The Labute approximate surface area is 262 Å². The van der Waals surface area contributed by atoms with Crippen molar-refractivity contribution in [3.05, 3.63) is 0 Å². The van der Waals surface area contributed by atoms with Gasteiger partial charge >= 0.3 is 11.9 Å². The number of esters is 1. The molecule has 0 radical (unpaired) electrons. The van der Waals surface area contributed by atoms with Crippen LogP contribution in [0, 0.1) is 0 Å². The van der Waals surface area contributed by atoms with Crippen molar-refractivity contribution in [1.29, 1.82) is 0 Å². The lowest BCUT2D eigenvalue weighted by Gasteiger charge is -2.14. The molecule has 0 saturated carbocycles. The number of aliphatic carboxylic acids is 1. The van der Waals surface area contributed by atoms with E-state index < -0.39 is 18.0 Å². The van der Waals surface area contributed by atoms with Crippen LogP contribution in [0.2, 0.25) is 0 Å². The molecule has 5 nitrogen and oxygen atoms in total. The molecule has 0 fully saturated rings. The Morgan fingerprint density at radius 3 is 1.14 bits per heavy atom. The van der Waals surface area contributed by atoms with Crippen LogP contribution < -0.4 is 5.32 Å². The second-order valence-corrected chi connectivity index (χ2v) is 12.8. The van der Waals surface area contributed by atoms with Crippen LogP contribution in [0.3, 0.4) is 0 Å². The zero-order chi connectivity index (χ0) is 30.8. The highest BCUT2D eigenvalue weighted by molar-refractivity contribution is 5.81. The summed E-state index contributed by atoms with van der Waals surface area (Å²) < 4.78 is 5.32. The number of carbonyl (C=O) groups is 2. The number of carboxylic acids is 1. The molecule has 0 heterocycles. The molecule has 0 amide bonds. The Morgan fingerprint density at radius 2 is 0.810 bits per heavy atom. The van der Waals surface area contributed by atoms with Gasteiger partial charge in [0.25, 0.3) is 0 Å². The topological polar surface area (TPSA) is 75.6 Å². The summed E-state index contributed by atoms with van der Waals surface area (Å²) in [5, 5.41) is 12.5. The van der Waals surface area contributed by atoms with Crippen LogP contribution in [0.25, 0.3) is 0 Å². The lowest BCUT2D eigenvalue weighted by molar-refractivity contribution is -0.149. The molecule has 0 aromatic heterocycles. The van der Waals surface area contributed by atoms with Crippen molar-refractivity contribution in [2.45, 2.75) is 213 Å². The molecular weight excluding hydrogens is 522 g/mol. The zero-order valence-electron chi connectivity index (χ0n) is 28.4. The van der Waals surface area contributed by atoms with Gasteiger partial charge in [-0.15, -0.1) is 0 Å². The van der Waals surface area contributed by atoms with Crippen LogP contribution in [-0.4, -0.2) is 36.2 Å². The van der Waals surface area contributed by atoms with Gasteiger partial charge in [-0.1, -0.05) is 187 Å². The van der Waals surface area contributed by atoms with Crippen LogP contribution in [-0.2, 0) is 14.3 Å². The molecule has 0 aliphatic heterocycles. The van der Waals surface area contributed by atoms with E-state index in [4.69, 9.17) is 4.74 Å². The lowest BCUT2D eigenvalue weighted by Crippen LogP contribution is -2.39. The zero-order valence-corrected chi connectivity index (χ0v) is 28.4. The highest BCUT2D eigenvalue weighted by Gasteiger charge is 2.21. The normalized spacial score (nSPS) is 12.0. The van der Waals surface area contributed by atoms with Crippen molar-refractivity contribution in [2.75, 3.05) is 13.2 Å². The van der Waals surface area contributed by atoms with Gasteiger partial charge in [-0.3, -0.25) is 9.59 Å². The molecule has 0 aliphatic carbocycles. The first kappa shape index (κ1) is 40.9. The highest BCUT2D eigenvalue weighted by atomic mass is 16.5.